The Morgan fingerprint density at radius 1 is 1.29 bits per heavy atom. The van der Waals surface area contributed by atoms with E-state index in [4.69, 9.17) is 9.47 Å². The van der Waals surface area contributed by atoms with Crippen LogP contribution in [0.3, 0.4) is 0 Å². The lowest BCUT2D eigenvalue weighted by molar-refractivity contribution is -0.132. The first kappa shape index (κ1) is 18.1. The lowest BCUT2D eigenvalue weighted by Crippen LogP contribution is -2.62. The van der Waals surface area contributed by atoms with Gasteiger partial charge in [-0.2, -0.15) is 0 Å². The largest absolute Gasteiger partial charge is 0.379 e. The Hall–Kier alpha value is -0.690. The maximum atomic E-state index is 12.4. The number of nitrogens with zero attached hydrogens (tertiary/aromatic N) is 2. The summed E-state index contributed by atoms with van der Waals surface area (Å²) >= 11 is 0. The predicted molar refractivity (Wildman–Crippen MR) is 92.8 cm³/mol. The zero-order valence-electron chi connectivity index (χ0n) is 15.6. The summed E-state index contributed by atoms with van der Waals surface area (Å²) in [6, 6.07) is 1.06. The molecular weight excluding hydrogens is 306 g/mol. The van der Waals surface area contributed by atoms with Crippen molar-refractivity contribution < 1.29 is 14.3 Å². The fraction of sp³-hybridized carbons (Fsp3) is 0.944. The molecule has 0 aromatic heterocycles. The topological polar surface area (TPSA) is 54.0 Å². The van der Waals surface area contributed by atoms with E-state index >= 15 is 0 Å². The standard InChI is InChI=1S/C18H33N3O3/c1-13-12-24-9-8-20(13)14-10-16(19-17(22)11-14)21-7-5-6-15(21)18(2,3)23-4/h13-16H,5-12H2,1-4H3,(H,19,22)/t13-,14?,15?,16?/m1/s1. The minimum Gasteiger partial charge on any atom is -0.379 e. The number of amides is 1. The maximum absolute atomic E-state index is 12.4. The minimum absolute atomic E-state index is 0.119. The average molecular weight is 339 g/mol. The van der Waals surface area contributed by atoms with Gasteiger partial charge in [0, 0.05) is 44.7 Å². The smallest absolute Gasteiger partial charge is 0.222 e. The van der Waals surface area contributed by atoms with Gasteiger partial charge in [0.25, 0.3) is 0 Å². The highest BCUT2D eigenvalue weighted by atomic mass is 16.5. The van der Waals surface area contributed by atoms with Gasteiger partial charge in [-0.1, -0.05) is 0 Å². The number of rotatable bonds is 4. The Labute approximate surface area is 145 Å². The van der Waals surface area contributed by atoms with Crippen molar-refractivity contribution in [2.24, 2.45) is 0 Å². The molecule has 3 aliphatic heterocycles. The number of hydrogen-bond donors (Lipinski definition) is 1. The molecule has 3 rings (SSSR count). The molecule has 6 nitrogen and oxygen atoms in total. The molecule has 138 valence electrons. The summed E-state index contributed by atoms with van der Waals surface area (Å²) in [5.74, 6) is 0.177. The van der Waals surface area contributed by atoms with Gasteiger partial charge >= 0.3 is 0 Å². The number of morpholine rings is 1. The van der Waals surface area contributed by atoms with Crippen LogP contribution in [0.2, 0.25) is 0 Å². The second-order valence-corrected chi connectivity index (χ2v) is 8.04. The molecule has 3 unspecified atom stereocenters. The van der Waals surface area contributed by atoms with Crippen LogP contribution in [0.4, 0.5) is 0 Å². The van der Waals surface area contributed by atoms with Crippen LogP contribution in [0, 0.1) is 0 Å². The number of ether oxygens (including phenoxy) is 2. The van der Waals surface area contributed by atoms with Crippen LogP contribution in [0.15, 0.2) is 0 Å². The summed E-state index contributed by atoms with van der Waals surface area (Å²) in [7, 11) is 1.79. The number of piperidine rings is 1. The van der Waals surface area contributed by atoms with Crippen LogP contribution in [0.1, 0.15) is 46.5 Å². The molecule has 3 heterocycles. The first-order chi connectivity index (χ1) is 11.4. The molecule has 0 aliphatic carbocycles. The van der Waals surface area contributed by atoms with E-state index in [-0.39, 0.29) is 17.7 Å². The summed E-state index contributed by atoms with van der Waals surface area (Å²) < 4.78 is 11.3. The number of carbonyl (C=O) groups excluding carboxylic acids is 1. The van der Waals surface area contributed by atoms with Gasteiger partial charge in [0.1, 0.15) is 0 Å². The molecule has 0 bridgehead atoms. The molecule has 3 aliphatic rings. The lowest BCUT2D eigenvalue weighted by atomic mass is 9.93. The molecule has 3 fully saturated rings. The second-order valence-electron chi connectivity index (χ2n) is 8.04. The van der Waals surface area contributed by atoms with Gasteiger partial charge in [-0.25, -0.2) is 0 Å². The maximum Gasteiger partial charge on any atom is 0.222 e. The zero-order valence-corrected chi connectivity index (χ0v) is 15.6. The summed E-state index contributed by atoms with van der Waals surface area (Å²) in [6.07, 6.45) is 4.02. The number of nitrogens with one attached hydrogen (secondary N) is 1. The molecule has 0 aromatic carbocycles. The minimum atomic E-state index is -0.194. The quantitative estimate of drug-likeness (QED) is 0.834. The zero-order chi connectivity index (χ0) is 17.3. The van der Waals surface area contributed by atoms with Crippen molar-refractivity contribution in [3.05, 3.63) is 0 Å². The highest BCUT2D eigenvalue weighted by Crippen LogP contribution is 2.33. The molecule has 0 aromatic rings. The van der Waals surface area contributed by atoms with Crippen molar-refractivity contribution in [2.75, 3.05) is 33.4 Å². The normalized spacial score (nSPS) is 36.8. The van der Waals surface area contributed by atoms with E-state index in [1.165, 1.54) is 6.42 Å². The fourth-order valence-electron chi connectivity index (χ4n) is 4.66. The summed E-state index contributed by atoms with van der Waals surface area (Å²) in [5.41, 5.74) is -0.194. The Balaban J connectivity index is 1.72. The Bertz CT molecular complexity index is 457. The van der Waals surface area contributed by atoms with Gasteiger partial charge in [0.2, 0.25) is 5.91 Å². The van der Waals surface area contributed by atoms with Crippen LogP contribution >= 0.6 is 0 Å². The average Bonchev–Trinajstić information content (AvgIpc) is 3.05. The highest BCUT2D eigenvalue weighted by molar-refractivity contribution is 5.77. The second kappa shape index (κ2) is 7.28. The van der Waals surface area contributed by atoms with Crippen LogP contribution in [-0.4, -0.2) is 79.0 Å². The third-order valence-electron chi connectivity index (χ3n) is 6.16. The van der Waals surface area contributed by atoms with E-state index in [0.717, 1.165) is 39.1 Å². The molecular formula is C18H33N3O3. The molecule has 0 radical (unpaired) electrons. The van der Waals surface area contributed by atoms with E-state index in [0.29, 0.717) is 24.5 Å². The van der Waals surface area contributed by atoms with E-state index in [2.05, 4.69) is 35.9 Å². The van der Waals surface area contributed by atoms with Gasteiger partial charge < -0.3 is 14.8 Å². The summed E-state index contributed by atoms with van der Waals surface area (Å²) in [6.45, 7) is 10.0. The third-order valence-corrected chi connectivity index (χ3v) is 6.16. The number of methoxy groups -OCH3 is 1. The van der Waals surface area contributed by atoms with Gasteiger partial charge in [-0.3, -0.25) is 14.6 Å². The van der Waals surface area contributed by atoms with Crippen molar-refractivity contribution in [3.8, 4) is 0 Å². The monoisotopic (exact) mass is 339 g/mol. The molecule has 4 atom stereocenters. The van der Waals surface area contributed by atoms with Crippen LogP contribution in [-0.2, 0) is 14.3 Å². The van der Waals surface area contributed by atoms with Crippen LogP contribution in [0.25, 0.3) is 0 Å². The van der Waals surface area contributed by atoms with E-state index in [1.54, 1.807) is 7.11 Å². The van der Waals surface area contributed by atoms with Crippen LogP contribution < -0.4 is 5.32 Å². The fourth-order valence-corrected chi connectivity index (χ4v) is 4.66. The van der Waals surface area contributed by atoms with Crippen LogP contribution in [0.5, 0.6) is 0 Å². The third kappa shape index (κ3) is 3.62. The number of likely N-dealkylation sites (tertiary alicyclic amines) is 1. The van der Waals surface area contributed by atoms with Gasteiger partial charge in [-0.05, 0) is 40.0 Å². The first-order valence-corrected chi connectivity index (χ1v) is 9.36. The van der Waals surface area contributed by atoms with E-state index in [9.17, 15) is 4.79 Å². The molecule has 0 spiro atoms. The molecule has 1 N–H and O–H groups in total. The molecule has 0 saturated carbocycles. The van der Waals surface area contributed by atoms with Gasteiger partial charge in [0.05, 0.1) is 25.0 Å². The number of carbonyl (C=O) groups is 1. The van der Waals surface area contributed by atoms with E-state index < -0.39 is 0 Å². The molecule has 3 saturated heterocycles. The van der Waals surface area contributed by atoms with Crippen molar-refractivity contribution in [1.29, 1.82) is 0 Å². The van der Waals surface area contributed by atoms with Crippen molar-refractivity contribution in [1.82, 2.24) is 15.1 Å². The van der Waals surface area contributed by atoms with Gasteiger partial charge in [-0.15, -0.1) is 0 Å². The SMILES string of the molecule is COC(C)(C)C1CCCN1C1CC(N2CCOC[C@H]2C)CC(=O)N1. The van der Waals surface area contributed by atoms with Crippen molar-refractivity contribution in [3.63, 3.8) is 0 Å². The van der Waals surface area contributed by atoms with Crippen molar-refractivity contribution >= 4 is 5.91 Å². The van der Waals surface area contributed by atoms with Crippen molar-refractivity contribution in [2.45, 2.75) is 76.3 Å². The highest BCUT2D eigenvalue weighted by Gasteiger charge is 2.44. The molecule has 1 amide bonds. The summed E-state index contributed by atoms with van der Waals surface area (Å²) in [4.78, 5) is 17.3. The number of hydrogen-bond acceptors (Lipinski definition) is 5. The molecule has 6 heteroatoms. The summed E-state index contributed by atoms with van der Waals surface area (Å²) in [5, 5.41) is 3.24. The molecule has 24 heavy (non-hydrogen) atoms. The first-order valence-electron chi connectivity index (χ1n) is 9.36. The van der Waals surface area contributed by atoms with E-state index in [1.807, 2.05) is 0 Å². The Morgan fingerprint density at radius 3 is 2.79 bits per heavy atom. The predicted octanol–water partition coefficient (Wildman–Crippen LogP) is 1.20. The Morgan fingerprint density at radius 2 is 2.08 bits per heavy atom. The van der Waals surface area contributed by atoms with Gasteiger partial charge in [0.15, 0.2) is 0 Å². The Kier molecular flexibility index (Phi) is 5.49. The lowest BCUT2D eigenvalue weighted by Gasteiger charge is -2.47.